The van der Waals surface area contributed by atoms with Crippen molar-refractivity contribution in [3.63, 3.8) is 0 Å². The third kappa shape index (κ3) is 4.92. The van der Waals surface area contributed by atoms with Gasteiger partial charge in [-0.15, -0.1) is 10.2 Å². The molecule has 146 valence electrons. The zero-order valence-electron chi connectivity index (χ0n) is 16.0. The molecule has 0 aliphatic carbocycles. The Kier molecular flexibility index (Phi) is 7.08. The average molecular weight is 398 g/mol. The first-order valence-electron chi connectivity index (χ1n) is 9.16. The molecular formula is C21H23N3O3S. The van der Waals surface area contributed by atoms with Crippen molar-refractivity contribution in [2.24, 2.45) is 0 Å². The lowest BCUT2D eigenvalue weighted by atomic mass is 10.2. The maximum atomic E-state index is 11.5. The van der Waals surface area contributed by atoms with Crippen molar-refractivity contribution in [1.82, 2.24) is 14.8 Å². The van der Waals surface area contributed by atoms with Gasteiger partial charge in [-0.25, -0.2) is 0 Å². The highest BCUT2D eigenvalue weighted by atomic mass is 32.2. The molecular weight excluding hydrogens is 374 g/mol. The fourth-order valence-corrected chi connectivity index (χ4v) is 3.60. The van der Waals surface area contributed by atoms with E-state index >= 15 is 0 Å². The van der Waals surface area contributed by atoms with Crippen molar-refractivity contribution in [2.75, 3.05) is 19.5 Å². The lowest BCUT2D eigenvalue weighted by Crippen LogP contribution is -2.04. The quantitative estimate of drug-likeness (QED) is 0.303. The van der Waals surface area contributed by atoms with Crippen LogP contribution in [0.15, 0.2) is 59.8 Å². The average Bonchev–Trinajstić information content (AvgIpc) is 3.16. The lowest BCUT2D eigenvalue weighted by molar-refractivity contribution is -0.143. The standard InChI is InChI=1S/C21H23N3O3S/c1-3-27-19(25)10-7-15-28-21-23-22-20(16-11-13-18(26-2)14-12-16)24(21)17-8-5-4-6-9-17/h4-6,8-9,11-14H,3,7,10,15H2,1-2H3. The molecule has 3 rings (SSSR count). The van der Waals surface area contributed by atoms with E-state index in [1.54, 1.807) is 18.9 Å². The van der Waals surface area contributed by atoms with Gasteiger partial charge < -0.3 is 9.47 Å². The molecule has 0 N–H and O–H groups in total. The van der Waals surface area contributed by atoms with Crippen LogP contribution in [0.3, 0.4) is 0 Å². The summed E-state index contributed by atoms with van der Waals surface area (Å²) in [6, 6.07) is 17.8. The number of carbonyl (C=O) groups excluding carboxylic acids is 1. The summed E-state index contributed by atoms with van der Waals surface area (Å²) in [7, 11) is 1.65. The van der Waals surface area contributed by atoms with Crippen molar-refractivity contribution < 1.29 is 14.3 Å². The van der Waals surface area contributed by atoms with E-state index in [4.69, 9.17) is 9.47 Å². The Balaban J connectivity index is 1.82. The number of nitrogens with zero attached hydrogens (tertiary/aromatic N) is 3. The molecule has 1 aromatic heterocycles. The van der Waals surface area contributed by atoms with E-state index in [-0.39, 0.29) is 5.97 Å². The summed E-state index contributed by atoms with van der Waals surface area (Å²) < 4.78 is 12.3. The Labute approximate surface area is 168 Å². The number of hydrogen-bond acceptors (Lipinski definition) is 6. The van der Waals surface area contributed by atoms with Crippen molar-refractivity contribution >= 4 is 17.7 Å². The van der Waals surface area contributed by atoms with Crippen molar-refractivity contribution in [2.45, 2.75) is 24.9 Å². The van der Waals surface area contributed by atoms with Crippen LogP contribution in [-0.4, -0.2) is 40.2 Å². The molecule has 3 aromatic rings. The van der Waals surface area contributed by atoms with Gasteiger partial charge in [0.05, 0.1) is 13.7 Å². The minimum absolute atomic E-state index is 0.161. The van der Waals surface area contributed by atoms with E-state index < -0.39 is 0 Å². The van der Waals surface area contributed by atoms with Gasteiger partial charge in [0.2, 0.25) is 0 Å². The second kappa shape index (κ2) is 9.94. The van der Waals surface area contributed by atoms with Crippen LogP contribution in [0.2, 0.25) is 0 Å². The number of aromatic nitrogens is 3. The maximum absolute atomic E-state index is 11.5. The fraction of sp³-hybridized carbons (Fsp3) is 0.286. The Bertz CT molecular complexity index is 895. The SMILES string of the molecule is CCOC(=O)CCCSc1nnc(-c2ccc(OC)cc2)n1-c1ccccc1. The van der Waals surface area contributed by atoms with Crippen LogP contribution in [-0.2, 0) is 9.53 Å². The molecule has 6 nitrogen and oxygen atoms in total. The number of thioether (sulfide) groups is 1. The number of para-hydroxylation sites is 1. The van der Waals surface area contributed by atoms with E-state index in [1.807, 2.05) is 66.1 Å². The largest absolute Gasteiger partial charge is 0.497 e. The van der Waals surface area contributed by atoms with E-state index in [9.17, 15) is 4.79 Å². The highest BCUT2D eigenvalue weighted by Crippen LogP contribution is 2.29. The van der Waals surface area contributed by atoms with Gasteiger partial charge in [-0.05, 0) is 49.7 Å². The number of methoxy groups -OCH3 is 1. The smallest absolute Gasteiger partial charge is 0.305 e. The number of carbonyl (C=O) groups is 1. The van der Waals surface area contributed by atoms with Gasteiger partial charge in [0.1, 0.15) is 5.75 Å². The molecule has 0 spiro atoms. The molecule has 0 radical (unpaired) electrons. The van der Waals surface area contributed by atoms with E-state index in [2.05, 4.69) is 10.2 Å². The number of ether oxygens (including phenoxy) is 2. The second-order valence-electron chi connectivity index (χ2n) is 5.96. The zero-order valence-corrected chi connectivity index (χ0v) is 16.8. The third-order valence-electron chi connectivity index (χ3n) is 4.06. The van der Waals surface area contributed by atoms with Gasteiger partial charge in [0.15, 0.2) is 11.0 Å². The Morgan fingerprint density at radius 1 is 1.07 bits per heavy atom. The molecule has 1 heterocycles. The molecule has 0 bridgehead atoms. The van der Waals surface area contributed by atoms with Crippen LogP contribution < -0.4 is 4.74 Å². The van der Waals surface area contributed by atoms with Gasteiger partial charge in [-0.3, -0.25) is 9.36 Å². The van der Waals surface area contributed by atoms with Crippen molar-refractivity contribution in [1.29, 1.82) is 0 Å². The van der Waals surface area contributed by atoms with Gasteiger partial charge in [0, 0.05) is 23.4 Å². The van der Waals surface area contributed by atoms with Crippen LogP contribution in [0, 0.1) is 0 Å². The Hall–Kier alpha value is -2.80. The maximum Gasteiger partial charge on any atom is 0.305 e. The van der Waals surface area contributed by atoms with Gasteiger partial charge >= 0.3 is 5.97 Å². The molecule has 28 heavy (non-hydrogen) atoms. The van der Waals surface area contributed by atoms with E-state index in [0.29, 0.717) is 13.0 Å². The Morgan fingerprint density at radius 3 is 2.50 bits per heavy atom. The summed E-state index contributed by atoms with van der Waals surface area (Å²) >= 11 is 1.58. The topological polar surface area (TPSA) is 66.2 Å². The zero-order chi connectivity index (χ0) is 19.8. The van der Waals surface area contributed by atoms with Crippen molar-refractivity contribution in [3.05, 3.63) is 54.6 Å². The molecule has 0 aliphatic rings. The van der Waals surface area contributed by atoms with Crippen molar-refractivity contribution in [3.8, 4) is 22.8 Å². The first kappa shape index (κ1) is 19.9. The molecule has 0 fully saturated rings. The number of hydrogen-bond donors (Lipinski definition) is 0. The summed E-state index contributed by atoms with van der Waals surface area (Å²) in [6.45, 7) is 2.23. The first-order chi connectivity index (χ1) is 13.7. The lowest BCUT2D eigenvalue weighted by Gasteiger charge is -2.10. The van der Waals surface area contributed by atoms with E-state index in [1.165, 1.54) is 0 Å². The highest BCUT2D eigenvalue weighted by molar-refractivity contribution is 7.99. The highest BCUT2D eigenvalue weighted by Gasteiger charge is 2.16. The van der Waals surface area contributed by atoms with Crippen LogP contribution in [0.1, 0.15) is 19.8 Å². The first-order valence-corrected chi connectivity index (χ1v) is 10.1. The molecule has 0 amide bonds. The minimum atomic E-state index is -0.161. The predicted octanol–water partition coefficient (Wildman–Crippen LogP) is 4.38. The van der Waals surface area contributed by atoms with Gasteiger partial charge in [0.25, 0.3) is 0 Å². The van der Waals surface area contributed by atoms with Crippen LogP contribution in [0.25, 0.3) is 17.1 Å². The summed E-state index contributed by atoms with van der Waals surface area (Å²) in [4.78, 5) is 11.5. The second-order valence-corrected chi connectivity index (χ2v) is 7.02. The summed E-state index contributed by atoms with van der Waals surface area (Å²) in [6.07, 6.45) is 1.13. The summed E-state index contributed by atoms with van der Waals surface area (Å²) in [5.41, 5.74) is 1.95. The van der Waals surface area contributed by atoms with Crippen LogP contribution in [0.4, 0.5) is 0 Å². The molecule has 7 heteroatoms. The summed E-state index contributed by atoms with van der Waals surface area (Å²) in [5, 5.41) is 9.61. The molecule has 0 saturated heterocycles. The number of benzene rings is 2. The molecule has 0 saturated carbocycles. The minimum Gasteiger partial charge on any atom is -0.497 e. The predicted molar refractivity (Wildman–Crippen MR) is 110 cm³/mol. The molecule has 0 unspecified atom stereocenters. The fourth-order valence-electron chi connectivity index (χ4n) is 2.71. The monoisotopic (exact) mass is 397 g/mol. The number of rotatable bonds is 9. The molecule has 0 aliphatic heterocycles. The van der Waals surface area contributed by atoms with Crippen LogP contribution in [0.5, 0.6) is 5.75 Å². The molecule has 0 atom stereocenters. The Morgan fingerprint density at radius 2 is 1.82 bits per heavy atom. The third-order valence-corrected chi connectivity index (χ3v) is 5.07. The van der Waals surface area contributed by atoms with Gasteiger partial charge in [-0.1, -0.05) is 30.0 Å². The van der Waals surface area contributed by atoms with E-state index in [0.717, 1.165) is 40.2 Å². The molecule has 2 aromatic carbocycles. The normalized spacial score (nSPS) is 10.6. The van der Waals surface area contributed by atoms with Gasteiger partial charge in [-0.2, -0.15) is 0 Å². The summed E-state index contributed by atoms with van der Waals surface area (Å²) in [5.74, 6) is 2.16. The van der Waals surface area contributed by atoms with Crippen LogP contribution >= 0.6 is 11.8 Å². The number of esters is 1.